The summed E-state index contributed by atoms with van der Waals surface area (Å²) < 4.78 is 45.2. The van der Waals surface area contributed by atoms with Crippen molar-refractivity contribution < 1.29 is 17.3 Å². The van der Waals surface area contributed by atoms with Crippen LogP contribution in [0.4, 0.5) is 10.2 Å². The van der Waals surface area contributed by atoms with Crippen molar-refractivity contribution in [3.05, 3.63) is 53.7 Å². The topological polar surface area (TPSA) is 92.4 Å². The standard InChI is InChI=1S/C19H20FN5O3S/c1-12-19(13(2)28-23-12)29(26,27)24(3)16-10-25(11-16)18-9-8-17(21-22-18)14-4-6-15(20)7-5-14/h4-9,16H,10-11H2,1-3H3. The first kappa shape index (κ1) is 19.5. The van der Waals surface area contributed by atoms with Gasteiger partial charge in [-0.15, -0.1) is 10.2 Å². The fourth-order valence-corrected chi connectivity index (χ4v) is 4.95. The largest absolute Gasteiger partial charge is 0.360 e. The minimum Gasteiger partial charge on any atom is -0.360 e. The van der Waals surface area contributed by atoms with E-state index in [-0.39, 0.29) is 22.5 Å². The molecule has 0 amide bonds. The molecule has 152 valence electrons. The average Bonchev–Trinajstić information content (AvgIpc) is 3.00. The fourth-order valence-electron chi connectivity index (χ4n) is 3.32. The second-order valence-electron chi connectivity index (χ2n) is 7.02. The van der Waals surface area contributed by atoms with Crippen LogP contribution in [0, 0.1) is 19.7 Å². The second kappa shape index (κ2) is 7.20. The number of anilines is 1. The molecule has 0 saturated carbocycles. The van der Waals surface area contributed by atoms with Crippen LogP contribution in [0.2, 0.25) is 0 Å². The van der Waals surface area contributed by atoms with Crippen molar-refractivity contribution in [3.8, 4) is 11.3 Å². The van der Waals surface area contributed by atoms with E-state index in [2.05, 4.69) is 15.4 Å². The van der Waals surface area contributed by atoms with Crippen molar-refractivity contribution in [2.45, 2.75) is 24.8 Å². The zero-order valence-corrected chi connectivity index (χ0v) is 17.0. The van der Waals surface area contributed by atoms with E-state index in [1.165, 1.54) is 16.4 Å². The maximum atomic E-state index is 13.0. The van der Waals surface area contributed by atoms with Crippen LogP contribution in [0.3, 0.4) is 0 Å². The van der Waals surface area contributed by atoms with Gasteiger partial charge in [0.05, 0.1) is 11.7 Å². The molecule has 0 radical (unpaired) electrons. The lowest BCUT2D eigenvalue weighted by molar-refractivity contribution is 0.308. The van der Waals surface area contributed by atoms with Crippen molar-refractivity contribution >= 4 is 15.8 Å². The highest BCUT2D eigenvalue weighted by atomic mass is 32.2. The average molecular weight is 417 g/mol. The Labute approximate surface area is 168 Å². The number of hydrogen-bond acceptors (Lipinski definition) is 7. The maximum Gasteiger partial charge on any atom is 0.248 e. The van der Waals surface area contributed by atoms with E-state index < -0.39 is 10.0 Å². The number of nitrogens with zero attached hydrogens (tertiary/aromatic N) is 5. The summed E-state index contributed by atoms with van der Waals surface area (Å²) in [5, 5.41) is 12.2. The van der Waals surface area contributed by atoms with Gasteiger partial charge in [0.15, 0.2) is 11.6 Å². The molecule has 0 bridgehead atoms. The molecule has 1 fully saturated rings. The van der Waals surface area contributed by atoms with Gasteiger partial charge >= 0.3 is 0 Å². The third kappa shape index (κ3) is 3.49. The normalized spacial score (nSPS) is 15.0. The third-order valence-corrected chi connectivity index (χ3v) is 7.25. The van der Waals surface area contributed by atoms with Gasteiger partial charge in [-0.25, -0.2) is 12.8 Å². The van der Waals surface area contributed by atoms with Crippen LogP contribution in [0.15, 0.2) is 45.8 Å². The zero-order chi connectivity index (χ0) is 20.8. The molecule has 3 heterocycles. The first-order chi connectivity index (χ1) is 13.8. The molecule has 4 rings (SSSR count). The van der Waals surface area contributed by atoms with E-state index in [4.69, 9.17) is 4.52 Å². The lowest BCUT2D eigenvalue weighted by atomic mass is 10.1. The Balaban J connectivity index is 1.44. The molecule has 1 saturated heterocycles. The molecule has 8 nitrogen and oxygen atoms in total. The predicted molar refractivity (Wildman–Crippen MR) is 104 cm³/mol. The third-order valence-electron chi connectivity index (χ3n) is 5.10. The van der Waals surface area contributed by atoms with Crippen LogP contribution in [-0.4, -0.2) is 54.3 Å². The SMILES string of the molecule is Cc1noc(C)c1S(=O)(=O)N(C)C1CN(c2ccc(-c3ccc(F)cc3)nn2)C1. The highest BCUT2D eigenvalue weighted by Gasteiger charge is 2.39. The number of halogens is 1. The highest BCUT2D eigenvalue weighted by molar-refractivity contribution is 7.89. The monoisotopic (exact) mass is 417 g/mol. The molecule has 0 aliphatic carbocycles. The summed E-state index contributed by atoms with van der Waals surface area (Å²) in [5.74, 6) is 0.642. The Morgan fingerprint density at radius 2 is 1.79 bits per heavy atom. The van der Waals surface area contributed by atoms with E-state index in [0.717, 1.165) is 5.56 Å². The molecule has 10 heteroatoms. The Morgan fingerprint density at radius 3 is 2.34 bits per heavy atom. The molecular weight excluding hydrogens is 397 g/mol. The van der Waals surface area contributed by atoms with Gasteiger partial charge in [-0.2, -0.15) is 4.31 Å². The van der Waals surface area contributed by atoms with Gasteiger partial charge in [0.2, 0.25) is 10.0 Å². The first-order valence-corrected chi connectivity index (χ1v) is 10.5. The van der Waals surface area contributed by atoms with Gasteiger partial charge < -0.3 is 9.42 Å². The molecule has 3 aromatic rings. The van der Waals surface area contributed by atoms with Crippen LogP contribution >= 0.6 is 0 Å². The number of sulfonamides is 1. The fraction of sp³-hybridized carbons (Fsp3) is 0.316. The minimum atomic E-state index is -3.69. The van der Waals surface area contributed by atoms with Gasteiger partial charge in [0.1, 0.15) is 16.4 Å². The number of likely N-dealkylation sites (N-methyl/N-ethyl adjacent to an activating group) is 1. The maximum absolute atomic E-state index is 13.0. The van der Waals surface area contributed by atoms with Crippen molar-refractivity contribution in [2.24, 2.45) is 0 Å². The lowest BCUT2D eigenvalue weighted by Crippen LogP contribution is -2.60. The van der Waals surface area contributed by atoms with Crippen molar-refractivity contribution in [1.82, 2.24) is 19.7 Å². The van der Waals surface area contributed by atoms with E-state index in [0.29, 0.717) is 30.3 Å². The molecule has 1 aliphatic rings. The van der Waals surface area contributed by atoms with Gasteiger partial charge in [0, 0.05) is 25.7 Å². The first-order valence-electron chi connectivity index (χ1n) is 9.03. The zero-order valence-electron chi connectivity index (χ0n) is 16.2. The Kier molecular flexibility index (Phi) is 4.83. The summed E-state index contributed by atoms with van der Waals surface area (Å²) in [6.07, 6.45) is 0. The van der Waals surface area contributed by atoms with Crippen molar-refractivity contribution in [1.29, 1.82) is 0 Å². The van der Waals surface area contributed by atoms with Gasteiger partial charge in [-0.05, 0) is 50.2 Å². The smallest absolute Gasteiger partial charge is 0.248 e. The Bertz CT molecular complexity index is 1100. The molecule has 1 aromatic carbocycles. The molecular formula is C19H20FN5O3S. The lowest BCUT2D eigenvalue weighted by Gasteiger charge is -2.43. The van der Waals surface area contributed by atoms with E-state index in [1.807, 2.05) is 17.0 Å². The van der Waals surface area contributed by atoms with Gasteiger partial charge in [-0.1, -0.05) is 5.16 Å². The summed E-state index contributed by atoms with van der Waals surface area (Å²) in [7, 11) is -2.12. The summed E-state index contributed by atoms with van der Waals surface area (Å²) in [5.41, 5.74) is 1.77. The summed E-state index contributed by atoms with van der Waals surface area (Å²) in [4.78, 5) is 2.08. The van der Waals surface area contributed by atoms with E-state index in [9.17, 15) is 12.8 Å². The molecule has 1 aliphatic heterocycles. The summed E-state index contributed by atoms with van der Waals surface area (Å²) in [6, 6.07) is 9.49. The van der Waals surface area contributed by atoms with Crippen molar-refractivity contribution in [2.75, 3.05) is 25.0 Å². The molecule has 0 N–H and O–H groups in total. The van der Waals surface area contributed by atoms with Gasteiger partial charge in [0.25, 0.3) is 0 Å². The number of hydrogen-bond donors (Lipinski definition) is 0. The molecule has 2 aromatic heterocycles. The quantitative estimate of drug-likeness (QED) is 0.629. The van der Waals surface area contributed by atoms with E-state index in [1.54, 1.807) is 33.0 Å². The van der Waals surface area contributed by atoms with E-state index >= 15 is 0 Å². The molecule has 29 heavy (non-hydrogen) atoms. The number of benzene rings is 1. The predicted octanol–water partition coefficient (Wildman–Crippen LogP) is 2.40. The Hall–Kier alpha value is -2.85. The molecule has 0 unspecified atom stereocenters. The van der Waals surface area contributed by atoms with Crippen LogP contribution in [0.25, 0.3) is 11.3 Å². The second-order valence-corrected chi connectivity index (χ2v) is 8.95. The van der Waals surface area contributed by atoms with Crippen LogP contribution < -0.4 is 4.90 Å². The molecule has 0 spiro atoms. The minimum absolute atomic E-state index is 0.127. The van der Waals surface area contributed by atoms with Gasteiger partial charge in [-0.3, -0.25) is 0 Å². The van der Waals surface area contributed by atoms with Crippen LogP contribution in [-0.2, 0) is 10.0 Å². The summed E-state index contributed by atoms with van der Waals surface area (Å²) >= 11 is 0. The Morgan fingerprint density at radius 1 is 1.10 bits per heavy atom. The summed E-state index contributed by atoms with van der Waals surface area (Å²) in [6.45, 7) is 4.21. The van der Waals surface area contributed by atoms with Crippen LogP contribution in [0.1, 0.15) is 11.5 Å². The molecule has 0 atom stereocenters. The number of aryl methyl sites for hydroxylation is 2. The van der Waals surface area contributed by atoms with Crippen LogP contribution in [0.5, 0.6) is 0 Å². The number of rotatable bonds is 5. The number of aromatic nitrogens is 3. The van der Waals surface area contributed by atoms with Crippen molar-refractivity contribution in [3.63, 3.8) is 0 Å². The highest BCUT2D eigenvalue weighted by Crippen LogP contribution is 2.28.